The first-order chi connectivity index (χ1) is 10.1. The van der Waals surface area contributed by atoms with Crippen molar-refractivity contribution >= 4 is 22.9 Å². The van der Waals surface area contributed by atoms with Crippen molar-refractivity contribution < 1.29 is 19.3 Å². The average Bonchev–Trinajstić information content (AvgIpc) is 2.96. The van der Waals surface area contributed by atoms with E-state index in [4.69, 9.17) is 21.3 Å². The maximum absolute atomic E-state index is 13.1. The Morgan fingerprint density at radius 2 is 2.19 bits per heavy atom. The van der Waals surface area contributed by atoms with Crippen molar-refractivity contribution in [3.63, 3.8) is 0 Å². The lowest BCUT2D eigenvalue weighted by molar-refractivity contribution is -0.0416. The molecule has 3 heterocycles. The van der Waals surface area contributed by atoms with E-state index in [1.165, 1.54) is 10.9 Å². The van der Waals surface area contributed by atoms with E-state index >= 15 is 0 Å². The molecule has 1 unspecified atom stereocenters. The highest BCUT2D eigenvalue weighted by Crippen LogP contribution is 2.37. The van der Waals surface area contributed by atoms with E-state index in [0.717, 1.165) is 0 Å². The maximum atomic E-state index is 13.1. The number of ether oxygens (including phenoxy) is 1. The molecule has 1 aliphatic heterocycles. The van der Waals surface area contributed by atoms with E-state index in [1.54, 1.807) is 0 Å². The molecule has 1 saturated heterocycles. The number of halogens is 1. The van der Waals surface area contributed by atoms with Crippen LogP contribution in [0.1, 0.15) is 6.23 Å². The van der Waals surface area contributed by atoms with Crippen LogP contribution in [0.2, 0.25) is 0 Å². The number of fused-ring (bicyclic) bond motifs is 1. The molecule has 10 heteroatoms. The number of nitrogens with two attached hydrogens (primary N) is 2. The zero-order valence-electron chi connectivity index (χ0n) is 10.7. The lowest BCUT2D eigenvalue weighted by Crippen LogP contribution is -2.25. The largest absolute Gasteiger partial charge is 0.394 e. The monoisotopic (exact) mass is 296 g/mol. The third kappa shape index (κ3) is 1.92. The quantitative estimate of drug-likeness (QED) is 0.557. The second-order valence-corrected chi connectivity index (χ2v) is 4.53. The Hall–Kier alpha value is -2.30. The standard InChI is InChI=1S/C11H13FN6O3/c12-1-4-7(20)5(2-19)21-10(4)18-9-6(17-11(18)14)8(13)15-3-16-9/h1,3,5,7,10,19-20H,2H2,(H2,14,17)(H2,13,15,16)/b4-1+/t5-,7?,10-/m1/s1. The summed E-state index contributed by atoms with van der Waals surface area (Å²) in [5.74, 6) is 0.0980. The SMILES string of the molecule is Nc1ncnc2c1nc(N)n2[C@@H]1O[C@H](CO)C(O)/C1=C\F. The van der Waals surface area contributed by atoms with E-state index in [2.05, 4.69) is 15.0 Å². The van der Waals surface area contributed by atoms with Crippen LogP contribution in [0, 0.1) is 0 Å². The topological polar surface area (TPSA) is 145 Å². The van der Waals surface area contributed by atoms with Gasteiger partial charge in [0.2, 0.25) is 5.95 Å². The summed E-state index contributed by atoms with van der Waals surface area (Å²) in [6.07, 6.45) is -1.89. The normalized spacial score (nSPS) is 27.8. The molecule has 0 saturated carbocycles. The number of hydrogen-bond acceptors (Lipinski definition) is 8. The lowest BCUT2D eigenvalue weighted by atomic mass is 10.1. The molecule has 3 rings (SSSR count). The van der Waals surface area contributed by atoms with Crippen LogP contribution in [0.4, 0.5) is 16.2 Å². The van der Waals surface area contributed by atoms with Gasteiger partial charge in [0.15, 0.2) is 23.2 Å². The number of aromatic nitrogens is 4. The minimum atomic E-state index is -1.29. The van der Waals surface area contributed by atoms with Crippen molar-refractivity contribution in [3.8, 4) is 0 Å². The third-order valence-corrected chi connectivity index (χ3v) is 3.36. The fourth-order valence-electron chi connectivity index (χ4n) is 2.32. The van der Waals surface area contributed by atoms with Crippen LogP contribution in [-0.4, -0.2) is 48.5 Å². The summed E-state index contributed by atoms with van der Waals surface area (Å²) >= 11 is 0. The number of anilines is 2. The van der Waals surface area contributed by atoms with E-state index in [0.29, 0.717) is 0 Å². The molecular formula is C11H13FN6O3. The summed E-state index contributed by atoms with van der Waals surface area (Å²) in [5.41, 5.74) is 11.9. The van der Waals surface area contributed by atoms with Crippen molar-refractivity contribution in [3.05, 3.63) is 18.2 Å². The summed E-state index contributed by atoms with van der Waals surface area (Å²) in [6.45, 7) is -0.474. The Kier molecular flexibility index (Phi) is 3.20. The number of rotatable bonds is 2. The van der Waals surface area contributed by atoms with Crippen LogP contribution in [0.25, 0.3) is 11.2 Å². The molecular weight excluding hydrogens is 283 g/mol. The van der Waals surface area contributed by atoms with E-state index in [1.807, 2.05) is 0 Å². The van der Waals surface area contributed by atoms with Gasteiger partial charge in [-0.25, -0.2) is 19.3 Å². The number of hydrogen-bond donors (Lipinski definition) is 4. The molecule has 0 bridgehead atoms. The molecule has 9 nitrogen and oxygen atoms in total. The zero-order valence-corrected chi connectivity index (χ0v) is 10.7. The fourth-order valence-corrected chi connectivity index (χ4v) is 2.32. The molecule has 112 valence electrons. The molecule has 1 aliphatic rings. The maximum Gasteiger partial charge on any atom is 0.205 e. The van der Waals surface area contributed by atoms with Gasteiger partial charge in [-0.2, -0.15) is 0 Å². The van der Waals surface area contributed by atoms with Crippen molar-refractivity contribution in [2.75, 3.05) is 18.1 Å². The van der Waals surface area contributed by atoms with Gasteiger partial charge in [0.05, 0.1) is 12.9 Å². The van der Waals surface area contributed by atoms with Crippen molar-refractivity contribution in [2.45, 2.75) is 18.4 Å². The van der Waals surface area contributed by atoms with Gasteiger partial charge in [-0.15, -0.1) is 0 Å². The molecule has 0 spiro atoms. The average molecular weight is 296 g/mol. The van der Waals surface area contributed by atoms with Gasteiger partial charge in [-0.1, -0.05) is 0 Å². The number of nitrogens with zero attached hydrogens (tertiary/aromatic N) is 4. The molecule has 3 atom stereocenters. The zero-order chi connectivity index (χ0) is 15.1. The predicted molar refractivity (Wildman–Crippen MR) is 70.3 cm³/mol. The third-order valence-electron chi connectivity index (χ3n) is 3.36. The Morgan fingerprint density at radius 3 is 2.86 bits per heavy atom. The number of nitrogen functional groups attached to an aromatic ring is 2. The molecule has 0 aliphatic carbocycles. The van der Waals surface area contributed by atoms with Crippen LogP contribution in [0.5, 0.6) is 0 Å². The second-order valence-electron chi connectivity index (χ2n) is 4.53. The second kappa shape index (κ2) is 4.91. The molecule has 2 aromatic heterocycles. The Labute approximate surface area is 117 Å². The van der Waals surface area contributed by atoms with Gasteiger partial charge >= 0.3 is 0 Å². The van der Waals surface area contributed by atoms with E-state index < -0.39 is 25.0 Å². The molecule has 1 fully saturated rings. The molecule has 2 aromatic rings. The van der Waals surface area contributed by atoms with E-state index in [-0.39, 0.29) is 34.8 Å². The van der Waals surface area contributed by atoms with Crippen LogP contribution >= 0.6 is 0 Å². The molecule has 0 radical (unpaired) electrons. The molecule has 6 N–H and O–H groups in total. The van der Waals surface area contributed by atoms with Crippen LogP contribution in [0.3, 0.4) is 0 Å². The number of imidazole rings is 1. The summed E-state index contributed by atoms with van der Waals surface area (Å²) in [5, 5.41) is 19.1. The van der Waals surface area contributed by atoms with E-state index in [9.17, 15) is 9.50 Å². The fraction of sp³-hybridized carbons (Fsp3) is 0.364. The van der Waals surface area contributed by atoms with Crippen molar-refractivity contribution in [1.82, 2.24) is 19.5 Å². The summed E-state index contributed by atoms with van der Waals surface area (Å²) in [7, 11) is 0. The minimum Gasteiger partial charge on any atom is -0.394 e. The van der Waals surface area contributed by atoms with Crippen molar-refractivity contribution in [1.29, 1.82) is 0 Å². The lowest BCUT2D eigenvalue weighted by Gasteiger charge is -2.15. The highest BCUT2D eigenvalue weighted by Gasteiger charge is 2.41. The summed E-state index contributed by atoms with van der Waals surface area (Å²) in [4.78, 5) is 11.8. The van der Waals surface area contributed by atoms with Gasteiger partial charge in [-0.05, 0) is 0 Å². The Balaban J connectivity index is 2.17. The Morgan fingerprint density at radius 1 is 1.43 bits per heavy atom. The van der Waals surface area contributed by atoms with Crippen LogP contribution in [-0.2, 0) is 4.74 Å². The van der Waals surface area contributed by atoms with Gasteiger partial charge < -0.3 is 26.4 Å². The smallest absolute Gasteiger partial charge is 0.205 e. The highest BCUT2D eigenvalue weighted by atomic mass is 19.1. The molecule has 21 heavy (non-hydrogen) atoms. The first-order valence-electron chi connectivity index (χ1n) is 6.07. The molecule has 0 aromatic carbocycles. The highest BCUT2D eigenvalue weighted by molar-refractivity contribution is 5.83. The number of aliphatic hydroxyl groups is 2. The van der Waals surface area contributed by atoms with Crippen LogP contribution < -0.4 is 11.5 Å². The minimum absolute atomic E-state index is 0.0210. The van der Waals surface area contributed by atoms with Crippen LogP contribution in [0.15, 0.2) is 18.2 Å². The van der Waals surface area contributed by atoms with Gasteiger partial charge in [0.1, 0.15) is 18.5 Å². The summed E-state index contributed by atoms with van der Waals surface area (Å²) in [6, 6.07) is 0. The predicted octanol–water partition coefficient (Wildman–Crippen LogP) is -0.905. The van der Waals surface area contributed by atoms with Gasteiger partial charge in [0.25, 0.3) is 0 Å². The first-order valence-corrected chi connectivity index (χ1v) is 6.07. The first kappa shape index (κ1) is 13.7. The number of aliphatic hydroxyl groups excluding tert-OH is 2. The summed E-state index contributed by atoms with van der Waals surface area (Å²) < 4.78 is 19.8. The van der Waals surface area contributed by atoms with Crippen molar-refractivity contribution in [2.24, 2.45) is 0 Å². The van der Waals surface area contributed by atoms with Gasteiger partial charge in [-0.3, -0.25) is 4.57 Å². The molecule has 0 amide bonds. The Bertz CT molecular complexity index is 717. The van der Waals surface area contributed by atoms with Gasteiger partial charge in [0, 0.05) is 5.57 Å².